The van der Waals surface area contributed by atoms with E-state index in [1.807, 2.05) is 4.90 Å². The van der Waals surface area contributed by atoms with Crippen LogP contribution < -0.4 is 10.9 Å². The van der Waals surface area contributed by atoms with Gasteiger partial charge in [0.05, 0.1) is 36.1 Å². The Bertz CT molecular complexity index is 1720. The van der Waals surface area contributed by atoms with E-state index in [0.717, 1.165) is 22.1 Å². The van der Waals surface area contributed by atoms with Crippen molar-refractivity contribution in [3.05, 3.63) is 61.7 Å². The molecule has 0 radical (unpaired) electrons. The Morgan fingerprint density at radius 3 is 2.75 bits per heavy atom. The van der Waals surface area contributed by atoms with Gasteiger partial charge in [-0.1, -0.05) is 6.92 Å². The van der Waals surface area contributed by atoms with Crippen molar-refractivity contribution < 1.29 is 24.2 Å². The molecule has 9 nitrogen and oxygen atoms in total. The maximum absolute atomic E-state index is 15.1. The minimum absolute atomic E-state index is 0.0142. The van der Waals surface area contributed by atoms with Gasteiger partial charge in [0.1, 0.15) is 17.5 Å². The minimum atomic E-state index is -1.73. The first kappa shape index (κ1) is 25.5. The summed E-state index contributed by atoms with van der Waals surface area (Å²) in [4.78, 5) is 46.5. The van der Waals surface area contributed by atoms with Gasteiger partial charge in [-0.25, -0.2) is 9.37 Å². The molecule has 7 rings (SSSR count). The topological polar surface area (TPSA) is 125 Å². The highest BCUT2D eigenvalue weighted by Gasteiger charge is 2.45. The van der Waals surface area contributed by atoms with Gasteiger partial charge in [-0.05, 0) is 55.4 Å². The van der Waals surface area contributed by atoms with Gasteiger partial charge in [-0.15, -0.1) is 0 Å². The van der Waals surface area contributed by atoms with E-state index in [2.05, 4.69) is 5.32 Å². The Hall–Kier alpha value is -3.47. The van der Waals surface area contributed by atoms with Crippen molar-refractivity contribution in [1.82, 2.24) is 19.8 Å². The van der Waals surface area contributed by atoms with E-state index in [4.69, 9.17) is 4.98 Å². The molecule has 1 aromatic carbocycles. The number of halogens is 1. The van der Waals surface area contributed by atoms with E-state index >= 15 is 4.39 Å². The van der Waals surface area contributed by atoms with Crippen molar-refractivity contribution in [3.8, 4) is 11.4 Å². The molecule has 4 heterocycles. The first-order valence-corrected chi connectivity index (χ1v) is 14.0. The number of β-amino-alcohol motifs (C(OH)–C–C–N with tert-alkyl or cyclic N) is 1. The fraction of sp³-hybridized carbons (Fsp3) is 0.467. The van der Waals surface area contributed by atoms with Crippen molar-refractivity contribution in [1.29, 1.82) is 0 Å². The van der Waals surface area contributed by atoms with Crippen LogP contribution in [0.5, 0.6) is 0 Å². The molecule has 10 heteroatoms. The molecule has 40 heavy (non-hydrogen) atoms. The lowest BCUT2D eigenvalue weighted by Crippen LogP contribution is -2.43. The van der Waals surface area contributed by atoms with Crippen LogP contribution in [0.3, 0.4) is 0 Å². The van der Waals surface area contributed by atoms with Crippen molar-refractivity contribution in [2.24, 2.45) is 0 Å². The van der Waals surface area contributed by atoms with Crippen LogP contribution in [0.2, 0.25) is 0 Å². The summed E-state index contributed by atoms with van der Waals surface area (Å²) in [6.45, 7) is 4.75. The van der Waals surface area contributed by atoms with E-state index in [1.54, 1.807) is 24.5 Å². The van der Waals surface area contributed by atoms with Crippen LogP contribution in [0.4, 0.5) is 4.39 Å². The van der Waals surface area contributed by atoms with Gasteiger partial charge in [0, 0.05) is 47.7 Å². The molecular weight excluding hydrogens is 515 g/mol. The lowest BCUT2D eigenvalue weighted by molar-refractivity contribution is -0.140. The number of Topliss-reactive ketones (excluding diaryl/α,β-unsaturated/α-hetero) is 1. The van der Waals surface area contributed by atoms with Gasteiger partial charge >= 0.3 is 0 Å². The summed E-state index contributed by atoms with van der Waals surface area (Å²) in [6.07, 6.45) is 1.69. The number of nitrogens with one attached hydrogen (secondary N) is 1. The highest BCUT2D eigenvalue weighted by Crippen LogP contribution is 2.46. The second kappa shape index (κ2) is 8.76. The number of amides is 1. The van der Waals surface area contributed by atoms with Crippen LogP contribution in [-0.4, -0.2) is 62.1 Å². The molecule has 1 unspecified atom stereocenters. The number of rotatable bonds is 5. The van der Waals surface area contributed by atoms with Crippen molar-refractivity contribution in [2.75, 3.05) is 19.7 Å². The van der Waals surface area contributed by atoms with Gasteiger partial charge in [0.15, 0.2) is 5.78 Å². The van der Waals surface area contributed by atoms with Crippen LogP contribution in [0, 0.1) is 12.7 Å². The number of aryl methyl sites for hydroxylation is 1. The summed E-state index contributed by atoms with van der Waals surface area (Å²) in [6, 6.07) is 2.49. The lowest BCUT2D eigenvalue weighted by atomic mass is 9.77. The molecule has 208 valence electrons. The number of benzene rings is 1. The second-order valence-electron chi connectivity index (χ2n) is 11.5. The van der Waals surface area contributed by atoms with Gasteiger partial charge in [-0.2, -0.15) is 0 Å². The molecule has 2 aliphatic heterocycles. The number of ketones is 1. The lowest BCUT2D eigenvalue weighted by Gasteiger charge is -2.32. The monoisotopic (exact) mass is 546 g/mol. The highest BCUT2D eigenvalue weighted by atomic mass is 19.1. The van der Waals surface area contributed by atoms with E-state index < -0.39 is 5.60 Å². The van der Waals surface area contributed by atoms with Crippen LogP contribution >= 0.6 is 0 Å². The van der Waals surface area contributed by atoms with E-state index in [-0.39, 0.29) is 67.6 Å². The molecule has 1 amide bonds. The molecule has 4 aliphatic rings. The summed E-state index contributed by atoms with van der Waals surface area (Å²) >= 11 is 0. The molecule has 1 fully saturated rings. The number of pyridine rings is 2. The Morgan fingerprint density at radius 2 is 2.00 bits per heavy atom. The molecule has 0 bridgehead atoms. The number of fused-ring (bicyclic) bond motifs is 5. The summed E-state index contributed by atoms with van der Waals surface area (Å²) in [5.74, 6) is -0.770. The minimum Gasteiger partial charge on any atom is -0.395 e. The zero-order valence-corrected chi connectivity index (χ0v) is 22.5. The maximum Gasteiger partial charge on any atom is 0.254 e. The largest absolute Gasteiger partial charge is 0.395 e. The van der Waals surface area contributed by atoms with Crippen LogP contribution in [-0.2, 0) is 34.6 Å². The number of hydrogen-bond acceptors (Lipinski definition) is 7. The fourth-order valence-corrected chi connectivity index (χ4v) is 7.15. The van der Waals surface area contributed by atoms with Gasteiger partial charge in [0.2, 0.25) is 5.91 Å². The first-order chi connectivity index (χ1) is 19.2. The van der Waals surface area contributed by atoms with Crippen molar-refractivity contribution >= 4 is 22.6 Å². The van der Waals surface area contributed by atoms with E-state index in [1.165, 1.54) is 6.07 Å². The molecule has 3 N–H and O–H groups in total. The van der Waals surface area contributed by atoms with Crippen molar-refractivity contribution in [2.45, 2.75) is 70.2 Å². The smallest absolute Gasteiger partial charge is 0.254 e. The molecule has 0 spiro atoms. The zero-order chi connectivity index (χ0) is 28.1. The number of carbonyl (C=O) groups is 2. The van der Waals surface area contributed by atoms with Crippen molar-refractivity contribution in [3.63, 3.8) is 0 Å². The first-order valence-electron chi connectivity index (χ1n) is 14.0. The number of aliphatic hydroxyl groups is 2. The third kappa shape index (κ3) is 3.42. The number of nitrogens with zero attached hydrogens (tertiary/aromatic N) is 3. The SMILES string of the molecule is CC[C@@]1(O)C(=O)CCc2c1cc1n(c2=O)Cc2c-1nc1cc(F)c(C)c3c1c2[C@@H](NC(=O)[C@@H]1CN1CCO)CC3. The third-order valence-electron chi connectivity index (χ3n) is 9.48. The molecule has 0 saturated carbocycles. The van der Waals surface area contributed by atoms with Crippen LogP contribution in [0.1, 0.15) is 65.6 Å². The molecular formula is C30H31FN4O5. The number of carbonyl (C=O) groups excluding carboxylic acids is 2. The maximum atomic E-state index is 15.1. The average molecular weight is 547 g/mol. The summed E-state index contributed by atoms with van der Waals surface area (Å²) in [5.41, 5.74) is 3.36. The fourth-order valence-electron chi connectivity index (χ4n) is 7.15. The Balaban J connectivity index is 1.42. The molecule has 4 atom stereocenters. The molecule has 2 aliphatic carbocycles. The summed E-state index contributed by atoms with van der Waals surface area (Å²) in [7, 11) is 0. The normalized spacial score (nSPS) is 25.9. The summed E-state index contributed by atoms with van der Waals surface area (Å²) < 4.78 is 16.7. The Morgan fingerprint density at radius 1 is 1.20 bits per heavy atom. The highest BCUT2D eigenvalue weighted by molar-refractivity contribution is 5.95. The van der Waals surface area contributed by atoms with E-state index in [9.17, 15) is 24.6 Å². The molecule has 3 aromatic rings. The van der Waals surface area contributed by atoms with Crippen LogP contribution in [0.25, 0.3) is 22.3 Å². The Kier molecular flexibility index (Phi) is 5.59. The Labute approximate surface area is 229 Å². The second-order valence-corrected chi connectivity index (χ2v) is 11.5. The predicted molar refractivity (Wildman–Crippen MR) is 144 cm³/mol. The number of aromatic nitrogens is 2. The summed E-state index contributed by atoms with van der Waals surface area (Å²) in [5, 5.41) is 24.6. The molecule has 2 aromatic heterocycles. The number of hydrogen-bond donors (Lipinski definition) is 3. The van der Waals surface area contributed by atoms with Gasteiger partial charge in [-0.3, -0.25) is 19.3 Å². The third-order valence-corrected chi connectivity index (χ3v) is 9.48. The zero-order valence-electron chi connectivity index (χ0n) is 22.5. The number of aliphatic hydroxyl groups excluding tert-OH is 1. The quantitative estimate of drug-likeness (QED) is 0.326. The van der Waals surface area contributed by atoms with Gasteiger partial charge < -0.3 is 20.1 Å². The predicted octanol–water partition coefficient (Wildman–Crippen LogP) is 1.77. The molecule has 1 saturated heterocycles. The van der Waals surface area contributed by atoms with Gasteiger partial charge in [0.25, 0.3) is 5.56 Å². The van der Waals surface area contributed by atoms with E-state index in [0.29, 0.717) is 59.5 Å². The average Bonchev–Trinajstić information content (AvgIpc) is 3.62. The standard InChI is InChI=1S/C30H31FN4O5/c1-3-30(40)18-10-22-27-17(12-35(22)29(39)16(18)5-7-24(30)37)26-20(33-28(38)23-13-34(23)8-9-36)6-4-15-14(2)19(31)11-21(32-27)25(15)26/h10-11,20,23,36,40H,3-9,12-13H2,1-2H3,(H,33,38)/t20-,23-,30-,34?/m0/s1. The van der Waals surface area contributed by atoms with Crippen LogP contribution in [0.15, 0.2) is 16.9 Å².